The molecule has 2 aliphatic heterocycles. The molecule has 5 heteroatoms. The first-order chi connectivity index (χ1) is 7.29. The van der Waals surface area contributed by atoms with E-state index in [1.807, 2.05) is 27.7 Å². The summed E-state index contributed by atoms with van der Waals surface area (Å²) >= 11 is 1.63. The lowest BCUT2D eigenvalue weighted by molar-refractivity contribution is -0.239. The van der Waals surface area contributed by atoms with E-state index in [4.69, 9.17) is 0 Å². The van der Waals surface area contributed by atoms with E-state index >= 15 is 0 Å². The summed E-state index contributed by atoms with van der Waals surface area (Å²) in [6.07, 6.45) is 0. The van der Waals surface area contributed by atoms with Gasteiger partial charge in [-0.3, -0.25) is 4.79 Å². The van der Waals surface area contributed by atoms with Crippen molar-refractivity contribution in [1.82, 2.24) is 10.4 Å². The predicted molar refractivity (Wildman–Crippen MR) is 63.2 cm³/mol. The minimum atomic E-state index is -0.736. The van der Waals surface area contributed by atoms with Gasteiger partial charge < -0.3 is 5.32 Å². The zero-order valence-electron chi connectivity index (χ0n) is 10.1. The number of nitrogens with zero attached hydrogens (tertiary/aromatic N) is 1. The monoisotopic (exact) mass is 241 g/mol. The molecular weight excluding hydrogens is 224 g/mol. The lowest BCUT2D eigenvalue weighted by atomic mass is 9.96. The summed E-state index contributed by atoms with van der Waals surface area (Å²) in [5.74, 6) is 0.745. The first-order valence-electron chi connectivity index (χ1n) is 5.43. The average molecular weight is 241 g/mol. The number of hydrogen-bond acceptors (Lipinski definition) is 3. The highest BCUT2D eigenvalue weighted by Gasteiger charge is 2.54. The summed E-state index contributed by atoms with van der Waals surface area (Å²) in [7, 11) is 0. The van der Waals surface area contributed by atoms with Gasteiger partial charge in [-0.05, 0) is 27.7 Å². The molecule has 0 aliphatic carbocycles. The second-order valence-electron chi connectivity index (χ2n) is 5.22. The molecule has 2 aliphatic rings. The molecule has 0 saturated carbocycles. The molecule has 89 valence electrons. The number of rotatable bonds is 0. The van der Waals surface area contributed by atoms with Crippen LogP contribution in [0.3, 0.4) is 0 Å². The van der Waals surface area contributed by atoms with E-state index in [9.17, 15) is 10.0 Å². The molecule has 0 aromatic heterocycles. The van der Waals surface area contributed by atoms with E-state index < -0.39 is 11.1 Å². The van der Waals surface area contributed by atoms with Gasteiger partial charge in [-0.15, -0.1) is 22.0 Å². The van der Waals surface area contributed by atoms with Gasteiger partial charge in [0.2, 0.25) is 5.91 Å². The Labute approximate surface area is 100 Å². The Kier molecular flexibility index (Phi) is 2.60. The third-order valence-electron chi connectivity index (χ3n) is 3.27. The number of nitrogens with one attached hydrogen (secondary N) is 1. The van der Waals surface area contributed by atoms with Crippen LogP contribution in [0, 0.1) is 0 Å². The fourth-order valence-corrected chi connectivity index (χ4v) is 3.84. The number of amides is 1. The van der Waals surface area contributed by atoms with Crippen LogP contribution in [0.1, 0.15) is 27.7 Å². The van der Waals surface area contributed by atoms with Crippen LogP contribution in [0.5, 0.6) is 0 Å². The molecular formula is C11H17N2O2S. The van der Waals surface area contributed by atoms with Crippen LogP contribution in [-0.2, 0) is 10.0 Å². The molecule has 1 N–H and O–H groups in total. The van der Waals surface area contributed by atoms with Gasteiger partial charge in [-0.1, -0.05) is 0 Å². The largest absolute Gasteiger partial charge is 0.351 e. The van der Waals surface area contributed by atoms with Crippen molar-refractivity contribution < 1.29 is 10.0 Å². The fourth-order valence-electron chi connectivity index (χ4n) is 2.51. The number of carbonyl (C=O) groups is 1. The quantitative estimate of drug-likeness (QED) is 0.696. The Morgan fingerprint density at radius 2 is 1.88 bits per heavy atom. The number of thioether (sulfide) groups is 1. The maximum absolute atomic E-state index is 12.3. The molecule has 4 nitrogen and oxygen atoms in total. The van der Waals surface area contributed by atoms with Gasteiger partial charge in [0.05, 0.1) is 16.7 Å². The highest BCUT2D eigenvalue weighted by molar-refractivity contribution is 8.03. The Bertz CT molecular complexity index is 374. The summed E-state index contributed by atoms with van der Waals surface area (Å²) in [5, 5.41) is 16.1. The minimum Gasteiger partial charge on any atom is -0.351 e. The molecule has 0 fully saturated rings. The molecule has 0 atom stereocenters. The third-order valence-corrected chi connectivity index (χ3v) is 4.67. The van der Waals surface area contributed by atoms with Crippen LogP contribution in [0.25, 0.3) is 0 Å². The summed E-state index contributed by atoms with van der Waals surface area (Å²) < 4.78 is 0. The molecule has 2 heterocycles. The van der Waals surface area contributed by atoms with Crippen molar-refractivity contribution in [3.8, 4) is 0 Å². The molecule has 1 amide bonds. The summed E-state index contributed by atoms with van der Waals surface area (Å²) in [6, 6.07) is 0. The van der Waals surface area contributed by atoms with Crippen LogP contribution in [0.15, 0.2) is 10.5 Å². The maximum Gasteiger partial charge on any atom is 0.250 e. The minimum absolute atomic E-state index is 0.0866. The number of hydroxylamine groups is 2. The number of carbonyl (C=O) groups excluding carboxylic acids is 1. The first kappa shape index (κ1) is 12.0. The Morgan fingerprint density at radius 3 is 2.50 bits per heavy atom. The smallest absolute Gasteiger partial charge is 0.250 e. The van der Waals surface area contributed by atoms with E-state index in [1.165, 1.54) is 0 Å². The van der Waals surface area contributed by atoms with Gasteiger partial charge in [-0.2, -0.15) is 0 Å². The molecule has 0 aromatic carbocycles. The van der Waals surface area contributed by atoms with E-state index in [0.29, 0.717) is 12.1 Å². The van der Waals surface area contributed by atoms with Crippen molar-refractivity contribution in [2.45, 2.75) is 38.8 Å². The topological polar surface area (TPSA) is 52.2 Å². The van der Waals surface area contributed by atoms with Crippen LogP contribution in [0.2, 0.25) is 0 Å². The summed E-state index contributed by atoms with van der Waals surface area (Å²) in [5.41, 5.74) is -0.680. The zero-order valence-corrected chi connectivity index (χ0v) is 10.9. The van der Waals surface area contributed by atoms with E-state index in [1.54, 1.807) is 11.8 Å². The van der Waals surface area contributed by atoms with Crippen molar-refractivity contribution in [3.05, 3.63) is 10.5 Å². The Balaban J connectivity index is 2.58. The fraction of sp³-hybridized carbons (Fsp3) is 0.727. The van der Waals surface area contributed by atoms with Crippen LogP contribution in [-0.4, -0.2) is 34.3 Å². The molecule has 2 rings (SSSR count). The highest BCUT2D eigenvalue weighted by atomic mass is 32.2. The average Bonchev–Trinajstić information content (AvgIpc) is 2.36. The van der Waals surface area contributed by atoms with Crippen LogP contribution in [0.4, 0.5) is 0 Å². The molecule has 0 unspecified atom stereocenters. The first-order valence-corrected chi connectivity index (χ1v) is 6.42. The van der Waals surface area contributed by atoms with E-state index in [0.717, 1.165) is 15.7 Å². The normalized spacial score (nSPS) is 28.7. The van der Waals surface area contributed by atoms with Gasteiger partial charge in [0.15, 0.2) is 0 Å². The lowest BCUT2D eigenvalue weighted by Crippen LogP contribution is -2.49. The standard InChI is InChI=1S/C11H17N2O2S/c1-10(2)7-8(11(3,4)13(10)15)16-6-5-12-9(7)14/h5-6H2,1-4H3,(H,12,14). The maximum atomic E-state index is 12.3. The van der Waals surface area contributed by atoms with Gasteiger partial charge in [0, 0.05) is 17.2 Å². The van der Waals surface area contributed by atoms with Gasteiger partial charge >= 0.3 is 0 Å². The van der Waals surface area contributed by atoms with Crippen molar-refractivity contribution in [2.24, 2.45) is 0 Å². The second kappa shape index (κ2) is 3.48. The van der Waals surface area contributed by atoms with Gasteiger partial charge in [0.1, 0.15) is 0 Å². The molecule has 0 saturated heterocycles. The molecule has 16 heavy (non-hydrogen) atoms. The van der Waals surface area contributed by atoms with Crippen molar-refractivity contribution in [3.63, 3.8) is 0 Å². The predicted octanol–water partition coefficient (Wildman–Crippen LogP) is 1.32. The second-order valence-corrected chi connectivity index (χ2v) is 6.33. The zero-order chi connectivity index (χ0) is 12.1. The number of hydrogen-bond donors (Lipinski definition) is 1. The lowest BCUT2D eigenvalue weighted by Gasteiger charge is -2.34. The highest BCUT2D eigenvalue weighted by Crippen LogP contribution is 2.49. The molecule has 1 radical (unpaired) electrons. The van der Waals surface area contributed by atoms with E-state index in [-0.39, 0.29) is 5.91 Å². The Hall–Kier alpha value is -0.520. The third kappa shape index (κ3) is 1.42. The van der Waals surface area contributed by atoms with Crippen LogP contribution < -0.4 is 5.32 Å². The molecule has 0 aromatic rings. The van der Waals surface area contributed by atoms with Crippen molar-refractivity contribution in [2.75, 3.05) is 12.3 Å². The van der Waals surface area contributed by atoms with Crippen molar-refractivity contribution in [1.29, 1.82) is 0 Å². The van der Waals surface area contributed by atoms with E-state index in [2.05, 4.69) is 5.32 Å². The summed E-state index contributed by atoms with van der Waals surface area (Å²) in [4.78, 5) is 12.9. The summed E-state index contributed by atoms with van der Waals surface area (Å²) in [6.45, 7) is 8.07. The SMILES string of the molecule is CC1(C)C2=C(C(=O)NCCS2)C(C)(C)N1[O]. The molecule has 0 spiro atoms. The Morgan fingerprint density at radius 1 is 1.25 bits per heavy atom. The van der Waals surface area contributed by atoms with Crippen molar-refractivity contribution >= 4 is 17.7 Å². The molecule has 0 bridgehead atoms. The van der Waals surface area contributed by atoms with Gasteiger partial charge in [-0.25, -0.2) is 0 Å². The van der Waals surface area contributed by atoms with Gasteiger partial charge in [0.25, 0.3) is 0 Å². The van der Waals surface area contributed by atoms with Crippen LogP contribution >= 0.6 is 11.8 Å².